The molecule has 0 unspecified atom stereocenters. The summed E-state index contributed by atoms with van der Waals surface area (Å²) in [6.07, 6.45) is -4.29. The number of hydrogen-bond acceptors (Lipinski definition) is 2. The highest BCUT2D eigenvalue weighted by molar-refractivity contribution is 5.49. The van der Waals surface area contributed by atoms with Gasteiger partial charge in [-0.1, -0.05) is 12.1 Å². The molecule has 0 aromatic heterocycles. The molecule has 1 saturated heterocycles. The van der Waals surface area contributed by atoms with Crippen LogP contribution >= 0.6 is 0 Å². The molecular formula is C18H18F3N2O. The van der Waals surface area contributed by atoms with Crippen LogP contribution in [0.1, 0.15) is 11.1 Å². The summed E-state index contributed by atoms with van der Waals surface area (Å²) < 4.78 is 37.7. The molecule has 24 heavy (non-hydrogen) atoms. The molecule has 6 heteroatoms. The topological polar surface area (TPSA) is 26.4 Å². The lowest BCUT2D eigenvalue weighted by molar-refractivity contribution is -0.137. The molecule has 1 radical (unpaired) electrons. The third kappa shape index (κ3) is 4.00. The highest BCUT2D eigenvalue weighted by Gasteiger charge is 2.30. The number of rotatable bonds is 3. The Morgan fingerprint density at radius 2 is 1.42 bits per heavy atom. The quantitative estimate of drug-likeness (QED) is 0.841. The largest absolute Gasteiger partial charge is 0.416 e. The van der Waals surface area contributed by atoms with E-state index in [0.717, 1.165) is 49.6 Å². The normalized spacial score (nSPS) is 16.4. The zero-order chi connectivity index (χ0) is 17.2. The fourth-order valence-electron chi connectivity index (χ4n) is 2.88. The van der Waals surface area contributed by atoms with Crippen LogP contribution in [0.25, 0.3) is 0 Å². The molecule has 1 aliphatic rings. The van der Waals surface area contributed by atoms with E-state index in [4.69, 9.17) is 0 Å². The Bertz CT molecular complexity index is 660. The van der Waals surface area contributed by atoms with Crippen LogP contribution in [-0.4, -0.2) is 31.1 Å². The van der Waals surface area contributed by atoms with Gasteiger partial charge in [-0.15, -0.1) is 0 Å². The standard InChI is InChI=1S/C18H18F3N2O/c19-18(20,21)15-3-1-14(2-4-15)13-22-9-11-23(12-10-22)16-5-7-17(24)8-6-16/h1-8H,9-13H2. The number of piperazine rings is 1. The molecule has 1 aliphatic heterocycles. The van der Waals surface area contributed by atoms with E-state index in [1.165, 1.54) is 0 Å². The molecule has 2 aromatic rings. The van der Waals surface area contributed by atoms with Crippen molar-refractivity contribution in [3.63, 3.8) is 0 Å². The van der Waals surface area contributed by atoms with Gasteiger partial charge in [0.15, 0.2) is 5.75 Å². The SMILES string of the molecule is [O]c1ccc(N2CCN(Cc3ccc(C(F)(F)F)cc3)CC2)cc1. The average Bonchev–Trinajstić information content (AvgIpc) is 2.56. The van der Waals surface area contributed by atoms with Gasteiger partial charge in [-0.2, -0.15) is 13.2 Å². The average molecular weight is 335 g/mol. The van der Waals surface area contributed by atoms with E-state index in [2.05, 4.69) is 9.80 Å². The maximum atomic E-state index is 12.6. The number of nitrogens with zero attached hydrogens (tertiary/aromatic N) is 2. The molecule has 3 rings (SSSR count). The van der Waals surface area contributed by atoms with Gasteiger partial charge in [-0.05, 0) is 42.0 Å². The van der Waals surface area contributed by atoms with Crippen LogP contribution in [-0.2, 0) is 17.8 Å². The smallest absolute Gasteiger partial charge is 0.369 e. The number of alkyl halides is 3. The minimum atomic E-state index is -4.29. The molecule has 0 bridgehead atoms. The van der Waals surface area contributed by atoms with E-state index >= 15 is 0 Å². The van der Waals surface area contributed by atoms with Crippen molar-refractivity contribution in [2.75, 3.05) is 31.1 Å². The highest BCUT2D eigenvalue weighted by atomic mass is 19.4. The van der Waals surface area contributed by atoms with Gasteiger partial charge >= 0.3 is 6.18 Å². The van der Waals surface area contributed by atoms with Crippen LogP contribution in [0, 0.1) is 0 Å². The molecular weight excluding hydrogens is 317 g/mol. The van der Waals surface area contributed by atoms with Crippen LogP contribution < -0.4 is 4.90 Å². The second kappa shape index (κ2) is 6.73. The van der Waals surface area contributed by atoms with Gasteiger partial charge in [0.05, 0.1) is 5.56 Å². The predicted octanol–water partition coefficient (Wildman–Crippen LogP) is 4.17. The summed E-state index contributed by atoms with van der Waals surface area (Å²) in [6.45, 7) is 3.98. The minimum Gasteiger partial charge on any atom is -0.369 e. The van der Waals surface area contributed by atoms with Gasteiger partial charge in [-0.25, -0.2) is 0 Å². The summed E-state index contributed by atoms with van der Waals surface area (Å²) in [5.74, 6) is -0.000287. The van der Waals surface area contributed by atoms with Crippen LogP contribution in [0.2, 0.25) is 0 Å². The number of benzene rings is 2. The highest BCUT2D eigenvalue weighted by Crippen LogP contribution is 2.29. The Morgan fingerprint density at radius 1 is 0.833 bits per heavy atom. The summed E-state index contributed by atoms with van der Waals surface area (Å²) in [7, 11) is 0. The summed E-state index contributed by atoms with van der Waals surface area (Å²) in [5.41, 5.74) is 1.30. The Hall–Kier alpha value is -2.21. The second-order valence-corrected chi connectivity index (χ2v) is 5.95. The molecule has 0 aliphatic carbocycles. The Morgan fingerprint density at radius 3 is 1.96 bits per heavy atom. The number of hydrogen-bond donors (Lipinski definition) is 0. The van der Waals surface area contributed by atoms with Gasteiger partial charge < -0.3 is 4.90 Å². The summed E-state index contributed by atoms with van der Waals surface area (Å²) in [5, 5.41) is 11.1. The van der Waals surface area contributed by atoms with E-state index in [-0.39, 0.29) is 5.75 Å². The molecule has 0 N–H and O–H groups in total. The molecule has 3 nitrogen and oxygen atoms in total. The molecule has 2 aromatic carbocycles. The van der Waals surface area contributed by atoms with Crippen LogP contribution in [0.15, 0.2) is 48.5 Å². The van der Waals surface area contributed by atoms with Crippen molar-refractivity contribution in [2.45, 2.75) is 12.7 Å². The summed E-state index contributed by atoms with van der Waals surface area (Å²) in [4.78, 5) is 4.43. The maximum Gasteiger partial charge on any atom is 0.416 e. The lowest BCUT2D eigenvalue weighted by Crippen LogP contribution is -2.45. The molecule has 1 heterocycles. The van der Waals surface area contributed by atoms with Crippen molar-refractivity contribution in [2.24, 2.45) is 0 Å². The second-order valence-electron chi connectivity index (χ2n) is 5.95. The first-order valence-corrected chi connectivity index (χ1v) is 7.82. The molecule has 127 valence electrons. The first-order chi connectivity index (χ1) is 11.4. The van der Waals surface area contributed by atoms with Crippen LogP contribution in [0.3, 0.4) is 0 Å². The lowest BCUT2D eigenvalue weighted by Gasteiger charge is -2.36. The number of halogens is 3. The van der Waals surface area contributed by atoms with Crippen LogP contribution in [0.5, 0.6) is 5.75 Å². The zero-order valence-electron chi connectivity index (χ0n) is 13.1. The Kier molecular flexibility index (Phi) is 4.66. The minimum absolute atomic E-state index is 0.000287. The van der Waals surface area contributed by atoms with Crippen molar-refractivity contribution in [3.8, 4) is 5.75 Å². The molecule has 0 amide bonds. The van der Waals surface area contributed by atoms with E-state index < -0.39 is 11.7 Å². The molecule has 0 spiro atoms. The zero-order valence-corrected chi connectivity index (χ0v) is 13.1. The monoisotopic (exact) mass is 335 g/mol. The van der Waals surface area contributed by atoms with E-state index in [1.54, 1.807) is 24.3 Å². The first kappa shape index (κ1) is 16.6. The first-order valence-electron chi connectivity index (χ1n) is 7.82. The fraction of sp³-hybridized carbons (Fsp3) is 0.333. The predicted molar refractivity (Wildman–Crippen MR) is 85.5 cm³/mol. The molecule has 1 fully saturated rings. The summed E-state index contributed by atoms with van der Waals surface area (Å²) >= 11 is 0. The third-order valence-corrected chi connectivity index (χ3v) is 4.26. The Balaban J connectivity index is 1.54. The van der Waals surface area contributed by atoms with Crippen molar-refractivity contribution in [1.82, 2.24) is 4.90 Å². The van der Waals surface area contributed by atoms with E-state index in [0.29, 0.717) is 6.54 Å². The molecule has 0 saturated carbocycles. The van der Waals surface area contributed by atoms with Crippen molar-refractivity contribution >= 4 is 5.69 Å². The Labute approximate surface area is 138 Å². The third-order valence-electron chi connectivity index (χ3n) is 4.26. The number of anilines is 1. The maximum absolute atomic E-state index is 12.6. The lowest BCUT2D eigenvalue weighted by atomic mass is 10.1. The van der Waals surface area contributed by atoms with E-state index in [9.17, 15) is 18.3 Å². The summed E-state index contributed by atoms with van der Waals surface area (Å²) in [6, 6.07) is 12.1. The fourth-order valence-corrected chi connectivity index (χ4v) is 2.88. The van der Waals surface area contributed by atoms with Crippen molar-refractivity contribution < 1.29 is 18.3 Å². The van der Waals surface area contributed by atoms with Crippen molar-refractivity contribution in [3.05, 3.63) is 59.7 Å². The van der Waals surface area contributed by atoms with Crippen LogP contribution in [0.4, 0.5) is 18.9 Å². The van der Waals surface area contributed by atoms with Gasteiger partial charge in [-0.3, -0.25) is 10.0 Å². The molecule has 0 atom stereocenters. The van der Waals surface area contributed by atoms with Crippen molar-refractivity contribution in [1.29, 1.82) is 0 Å². The van der Waals surface area contributed by atoms with Gasteiger partial charge in [0.25, 0.3) is 0 Å². The van der Waals surface area contributed by atoms with E-state index in [1.807, 2.05) is 12.1 Å². The van der Waals surface area contributed by atoms with Gasteiger partial charge in [0.2, 0.25) is 0 Å². The van der Waals surface area contributed by atoms with Gasteiger partial charge in [0.1, 0.15) is 0 Å². The van der Waals surface area contributed by atoms with Gasteiger partial charge in [0, 0.05) is 38.4 Å².